The molecular weight excluding hydrogens is 672 g/mol. The second-order valence-corrected chi connectivity index (χ2v) is 15.5. The van der Waals surface area contributed by atoms with E-state index in [9.17, 15) is 14.4 Å². The molecule has 0 atom stereocenters. The number of carbonyl (C=O) groups excluding carboxylic acids is 2. The number of aliphatic carboxylic acids is 1. The number of aryl methyl sites for hydroxylation is 1. The lowest BCUT2D eigenvalue weighted by atomic mass is 9.81. The Morgan fingerprint density at radius 3 is 2.11 bits per heavy atom. The standard InChI is InChI=1S/C41H56N6O6/c1-29(48)52-31-25-33-38(44(7)27-31)42-35(40(33,3)4)15-14-16-36-41(5,6)34-26-32(53-30(2)49)28-47(39(34)43-36)20-13-9-12-19-46-23-21-45(22-24-46)18-11-8-10-17-37(50)51/h14-16,25-28H,8-13,17-24H2,1-7H3/p+1. The SMILES string of the molecule is CC(=O)OC1=CN(CCCCCN2CCN(CCCCCC(=O)O)CC2)C2=N/C(=C\C=C\C3=Nc4c(cc(OC(C)=O)c[n+]4C)C3(C)C)C(C)(C)C2=C1. The number of rotatable bonds is 16. The number of unbranched alkanes of at least 4 members (excludes halogenated alkanes) is 4. The van der Waals surface area contributed by atoms with Gasteiger partial charge in [0.05, 0.1) is 23.7 Å². The zero-order valence-electron chi connectivity index (χ0n) is 32.6. The molecule has 0 bridgehead atoms. The van der Waals surface area contributed by atoms with Crippen LogP contribution >= 0.6 is 0 Å². The summed E-state index contributed by atoms with van der Waals surface area (Å²) in [6, 6.07) is 1.89. The van der Waals surface area contributed by atoms with Gasteiger partial charge in [0.1, 0.15) is 17.8 Å². The highest BCUT2D eigenvalue weighted by Crippen LogP contribution is 2.45. The summed E-state index contributed by atoms with van der Waals surface area (Å²) in [7, 11) is 1.90. The summed E-state index contributed by atoms with van der Waals surface area (Å²) in [6.45, 7) is 18.5. The van der Waals surface area contributed by atoms with Gasteiger partial charge in [0.25, 0.3) is 0 Å². The number of hydrogen-bond acceptors (Lipinski definition) is 10. The zero-order valence-corrected chi connectivity index (χ0v) is 32.6. The maximum atomic E-state index is 12.0. The topological polar surface area (TPSA) is 128 Å². The number of carbonyl (C=O) groups is 3. The van der Waals surface area contributed by atoms with Gasteiger partial charge in [-0.3, -0.25) is 14.4 Å². The van der Waals surface area contributed by atoms with E-state index in [1.165, 1.54) is 13.8 Å². The van der Waals surface area contributed by atoms with E-state index >= 15 is 0 Å². The van der Waals surface area contributed by atoms with Crippen LogP contribution in [0.5, 0.6) is 5.75 Å². The predicted molar refractivity (Wildman–Crippen MR) is 205 cm³/mol. The van der Waals surface area contributed by atoms with Crippen molar-refractivity contribution < 1.29 is 33.5 Å². The largest absolute Gasteiger partial charge is 0.481 e. The number of allylic oxidation sites excluding steroid dienone is 5. The highest BCUT2D eigenvalue weighted by atomic mass is 16.5. The van der Waals surface area contributed by atoms with Gasteiger partial charge in [-0.1, -0.05) is 32.8 Å². The number of carboxylic acid groups (broad SMARTS) is 1. The number of aliphatic imine (C=N–C) groups is 2. The average Bonchev–Trinajstić information content (AvgIpc) is 3.48. The summed E-state index contributed by atoms with van der Waals surface area (Å²) in [4.78, 5) is 51.6. The van der Waals surface area contributed by atoms with Crippen LogP contribution in [0.1, 0.15) is 92.1 Å². The van der Waals surface area contributed by atoms with Crippen molar-refractivity contribution in [2.24, 2.45) is 22.4 Å². The third kappa shape index (κ3) is 9.97. The fourth-order valence-corrected chi connectivity index (χ4v) is 7.42. The molecule has 0 unspecified atom stereocenters. The number of carboxylic acids is 1. The molecule has 1 fully saturated rings. The van der Waals surface area contributed by atoms with Crippen molar-refractivity contribution in [3.8, 4) is 5.75 Å². The van der Waals surface area contributed by atoms with Crippen molar-refractivity contribution in [2.45, 2.75) is 91.9 Å². The molecule has 1 N–H and O–H groups in total. The number of ether oxygens (including phenoxy) is 2. The molecule has 12 heteroatoms. The van der Waals surface area contributed by atoms with Gasteiger partial charge < -0.3 is 29.3 Å². The summed E-state index contributed by atoms with van der Waals surface area (Å²) < 4.78 is 12.9. The van der Waals surface area contributed by atoms with E-state index in [4.69, 9.17) is 24.6 Å². The summed E-state index contributed by atoms with van der Waals surface area (Å²) in [5, 5.41) is 8.82. The summed E-state index contributed by atoms with van der Waals surface area (Å²) in [6.07, 6.45) is 17.9. The van der Waals surface area contributed by atoms with Crippen molar-refractivity contribution in [2.75, 3.05) is 45.8 Å². The first-order valence-corrected chi connectivity index (χ1v) is 19.0. The normalized spacial score (nSPS) is 20.1. The van der Waals surface area contributed by atoms with Crippen LogP contribution in [0.15, 0.2) is 69.8 Å². The van der Waals surface area contributed by atoms with Gasteiger partial charge in [-0.15, -0.1) is 0 Å². The first kappa shape index (κ1) is 39.8. The highest BCUT2D eigenvalue weighted by Gasteiger charge is 2.43. The van der Waals surface area contributed by atoms with Gasteiger partial charge in [0.2, 0.25) is 0 Å². The molecule has 12 nitrogen and oxygen atoms in total. The molecule has 0 aliphatic carbocycles. The van der Waals surface area contributed by atoms with Crippen molar-refractivity contribution in [1.29, 1.82) is 0 Å². The molecule has 0 amide bonds. The highest BCUT2D eigenvalue weighted by molar-refractivity contribution is 6.08. The van der Waals surface area contributed by atoms with Gasteiger partial charge in [-0.25, -0.2) is 9.56 Å². The number of hydrogen-bond donors (Lipinski definition) is 1. The number of nitrogens with zero attached hydrogens (tertiary/aromatic N) is 6. The Bertz CT molecular complexity index is 1760. The van der Waals surface area contributed by atoms with Crippen molar-refractivity contribution in [3.63, 3.8) is 0 Å². The molecule has 4 aliphatic rings. The zero-order chi connectivity index (χ0) is 38.3. The van der Waals surface area contributed by atoms with E-state index in [1.54, 1.807) is 6.20 Å². The molecule has 1 aromatic heterocycles. The van der Waals surface area contributed by atoms with E-state index in [1.807, 2.05) is 48.2 Å². The van der Waals surface area contributed by atoms with Crippen LogP contribution in [0.4, 0.5) is 5.82 Å². The second-order valence-electron chi connectivity index (χ2n) is 15.5. The van der Waals surface area contributed by atoms with Gasteiger partial charge >= 0.3 is 23.7 Å². The van der Waals surface area contributed by atoms with Crippen LogP contribution in [0.3, 0.4) is 0 Å². The molecule has 1 aromatic rings. The summed E-state index contributed by atoms with van der Waals surface area (Å²) in [5.41, 5.74) is 3.00. The first-order valence-electron chi connectivity index (χ1n) is 19.0. The van der Waals surface area contributed by atoms with Gasteiger partial charge in [-0.2, -0.15) is 0 Å². The summed E-state index contributed by atoms with van der Waals surface area (Å²) in [5.74, 6) is 1.32. The molecule has 286 valence electrons. The van der Waals surface area contributed by atoms with Gasteiger partial charge in [-0.05, 0) is 81.9 Å². The van der Waals surface area contributed by atoms with Crippen LogP contribution in [0, 0.1) is 5.41 Å². The average molecular weight is 730 g/mol. The number of pyridine rings is 1. The lowest BCUT2D eigenvalue weighted by molar-refractivity contribution is -0.658. The van der Waals surface area contributed by atoms with Crippen molar-refractivity contribution >= 4 is 35.3 Å². The maximum absolute atomic E-state index is 12.0. The molecule has 0 aromatic carbocycles. The van der Waals surface area contributed by atoms with E-state index in [0.717, 1.165) is 119 Å². The predicted octanol–water partition coefficient (Wildman–Crippen LogP) is 5.76. The first-order chi connectivity index (χ1) is 25.1. The number of fused-ring (bicyclic) bond motifs is 2. The monoisotopic (exact) mass is 729 g/mol. The van der Waals surface area contributed by atoms with Crippen LogP contribution in [0.25, 0.3) is 0 Å². The molecular formula is C41H57N6O6+. The Balaban J connectivity index is 1.18. The number of amidine groups is 1. The van der Waals surface area contributed by atoms with Crippen LogP contribution in [-0.4, -0.2) is 95.1 Å². The quantitative estimate of drug-likeness (QED) is 0.128. The Kier molecular flexibility index (Phi) is 12.9. The van der Waals surface area contributed by atoms with E-state index < -0.39 is 16.8 Å². The van der Waals surface area contributed by atoms with E-state index in [-0.39, 0.29) is 18.4 Å². The molecule has 0 saturated carbocycles. The maximum Gasteiger partial charge on any atom is 0.327 e. The Morgan fingerprint density at radius 1 is 0.868 bits per heavy atom. The fraction of sp³-hybridized carbons (Fsp3) is 0.561. The summed E-state index contributed by atoms with van der Waals surface area (Å²) >= 11 is 0. The second kappa shape index (κ2) is 17.2. The van der Waals surface area contributed by atoms with E-state index in [0.29, 0.717) is 11.5 Å². The smallest absolute Gasteiger partial charge is 0.327 e. The van der Waals surface area contributed by atoms with Gasteiger partial charge in [0, 0.05) is 70.2 Å². The molecule has 0 radical (unpaired) electrons. The lowest BCUT2D eigenvalue weighted by Crippen LogP contribution is -2.46. The molecule has 53 heavy (non-hydrogen) atoms. The van der Waals surface area contributed by atoms with Crippen molar-refractivity contribution in [1.82, 2.24) is 14.7 Å². The lowest BCUT2D eigenvalue weighted by Gasteiger charge is -2.34. The minimum Gasteiger partial charge on any atom is -0.481 e. The van der Waals surface area contributed by atoms with Crippen molar-refractivity contribution in [3.05, 3.63) is 65.4 Å². The molecule has 4 aliphatic heterocycles. The third-order valence-corrected chi connectivity index (χ3v) is 10.6. The molecule has 1 saturated heterocycles. The Labute approximate surface area is 314 Å². The molecule has 5 rings (SSSR count). The number of esters is 2. The molecule has 5 heterocycles. The number of aromatic nitrogens is 1. The van der Waals surface area contributed by atoms with Crippen LogP contribution < -0.4 is 9.30 Å². The van der Waals surface area contributed by atoms with E-state index in [2.05, 4.69) is 42.4 Å². The Morgan fingerprint density at radius 2 is 1.49 bits per heavy atom. The van der Waals surface area contributed by atoms with Crippen LogP contribution in [-0.2, 0) is 31.6 Å². The molecule has 0 spiro atoms. The van der Waals surface area contributed by atoms with Gasteiger partial charge in [0.15, 0.2) is 11.5 Å². The minimum absolute atomic E-state index is 0.268. The third-order valence-electron chi connectivity index (χ3n) is 10.6. The number of piperazine rings is 1. The fourth-order valence-electron chi connectivity index (χ4n) is 7.42. The Hall–Kier alpha value is -4.42. The minimum atomic E-state index is -0.705. The van der Waals surface area contributed by atoms with Crippen LogP contribution in [0.2, 0.25) is 0 Å².